The second-order valence-electron chi connectivity index (χ2n) is 5.36. The predicted octanol–water partition coefficient (Wildman–Crippen LogP) is 4.66. The minimum Gasteiger partial charge on any atom is -0.267 e. The van der Waals surface area contributed by atoms with Gasteiger partial charge in [0.25, 0.3) is 5.56 Å². The third kappa shape index (κ3) is 2.99. The molecule has 2 heterocycles. The normalized spacial score (nSPS) is 11.4. The van der Waals surface area contributed by atoms with Crippen LogP contribution in [0.1, 0.15) is 5.56 Å². The first kappa shape index (κ1) is 15.7. The van der Waals surface area contributed by atoms with Gasteiger partial charge in [-0.25, -0.2) is 4.98 Å². The molecule has 0 aliphatic carbocycles. The quantitative estimate of drug-likeness (QED) is 0.496. The van der Waals surface area contributed by atoms with Gasteiger partial charge < -0.3 is 0 Å². The molecule has 0 bridgehead atoms. The van der Waals surface area contributed by atoms with E-state index < -0.39 is 0 Å². The van der Waals surface area contributed by atoms with Crippen molar-refractivity contribution >= 4 is 39.4 Å². The lowest BCUT2D eigenvalue weighted by Crippen LogP contribution is -2.16. The molecule has 2 aromatic carbocycles. The third-order valence-electron chi connectivity index (χ3n) is 3.79. The van der Waals surface area contributed by atoms with Crippen molar-refractivity contribution in [3.63, 3.8) is 0 Å². The minimum atomic E-state index is -0.201. The van der Waals surface area contributed by atoms with Crippen LogP contribution in [0.25, 0.3) is 21.3 Å². The first-order valence-corrected chi connectivity index (χ1v) is 8.83. The van der Waals surface area contributed by atoms with Crippen LogP contribution in [-0.2, 0) is 0 Å². The van der Waals surface area contributed by atoms with Gasteiger partial charge in [0.2, 0.25) is 0 Å². The summed E-state index contributed by atoms with van der Waals surface area (Å²) in [4.78, 5) is 17.9. The van der Waals surface area contributed by atoms with Gasteiger partial charge in [0.1, 0.15) is 11.2 Å². The van der Waals surface area contributed by atoms with Crippen LogP contribution in [-0.4, -0.2) is 15.9 Å². The molecule has 0 unspecified atom stereocenters. The van der Waals surface area contributed by atoms with E-state index >= 15 is 0 Å². The molecular weight excluding hydrogens is 354 g/mol. The molecule has 0 radical (unpaired) electrons. The highest BCUT2D eigenvalue weighted by Gasteiger charge is 2.12. The first-order chi connectivity index (χ1) is 12.2. The van der Waals surface area contributed by atoms with E-state index in [1.54, 1.807) is 12.3 Å². The van der Waals surface area contributed by atoms with E-state index in [1.807, 2.05) is 53.9 Å². The Morgan fingerprint density at radius 3 is 2.64 bits per heavy atom. The second-order valence-corrected chi connectivity index (χ2v) is 6.62. The maximum atomic E-state index is 12.9. The largest absolute Gasteiger partial charge is 0.283 e. The number of hydrogen-bond acceptors (Lipinski definition) is 4. The molecule has 0 spiro atoms. The van der Waals surface area contributed by atoms with Crippen molar-refractivity contribution in [1.29, 1.82) is 0 Å². The summed E-state index contributed by atoms with van der Waals surface area (Å²) >= 11 is 7.57. The van der Waals surface area contributed by atoms with Gasteiger partial charge in [0.15, 0.2) is 0 Å². The number of hydrogen-bond donors (Lipinski definition) is 0. The van der Waals surface area contributed by atoms with Crippen molar-refractivity contribution in [3.05, 3.63) is 87.2 Å². The molecule has 4 nitrogen and oxygen atoms in total. The smallest absolute Gasteiger partial charge is 0.267 e. The number of rotatable bonds is 3. The van der Waals surface area contributed by atoms with Crippen LogP contribution >= 0.6 is 22.9 Å². The number of nitrogens with zero attached hydrogens (tertiary/aromatic N) is 3. The van der Waals surface area contributed by atoms with Gasteiger partial charge in [0, 0.05) is 21.5 Å². The molecule has 0 N–H and O–H groups in total. The fourth-order valence-corrected chi connectivity index (χ4v) is 3.63. The zero-order valence-electron chi connectivity index (χ0n) is 13.0. The maximum absolute atomic E-state index is 12.9. The summed E-state index contributed by atoms with van der Waals surface area (Å²) in [7, 11) is 0. The van der Waals surface area contributed by atoms with E-state index in [0.29, 0.717) is 15.2 Å². The van der Waals surface area contributed by atoms with Crippen LogP contribution in [0.15, 0.2) is 76.2 Å². The van der Waals surface area contributed by atoms with Crippen molar-refractivity contribution in [2.24, 2.45) is 5.10 Å². The highest BCUT2D eigenvalue weighted by atomic mass is 35.5. The Morgan fingerprint density at radius 1 is 1.08 bits per heavy atom. The minimum absolute atomic E-state index is 0.201. The summed E-state index contributed by atoms with van der Waals surface area (Å²) in [5.74, 6) is 0. The Morgan fingerprint density at radius 2 is 1.84 bits per heavy atom. The van der Waals surface area contributed by atoms with Gasteiger partial charge >= 0.3 is 0 Å². The molecule has 4 rings (SSSR count). The molecule has 0 aliphatic rings. The van der Waals surface area contributed by atoms with E-state index in [1.165, 1.54) is 22.3 Å². The lowest BCUT2D eigenvalue weighted by molar-refractivity contribution is 0.819. The van der Waals surface area contributed by atoms with Gasteiger partial charge in [-0.05, 0) is 11.6 Å². The average molecular weight is 366 g/mol. The number of aromatic nitrogens is 2. The van der Waals surface area contributed by atoms with Crippen molar-refractivity contribution in [3.8, 4) is 11.1 Å². The summed E-state index contributed by atoms with van der Waals surface area (Å²) in [6.45, 7) is 0. The van der Waals surface area contributed by atoms with Crippen LogP contribution in [0.3, 0.4) is 0 Å². The zero-order chi connectivity index (χ0) is 17.2. The maximum Gasteiger partial charge on any atom is 0.283 e. The van der Waals surface area contributed by atoms with Gasteiger partial charge in [-0.1, -0.05) is 60.1 Å². The van der Waals surface area contributed by atoms with Crippen LogP contribution in [0, 0.1) is 0 Å². The molecule has 2 aromatic heterocycles. The summed E-state index contributed by atoms with van der Waals surface area (Å²) in [6.07, 6.45) is 3.00. The summed E-state index contributed by atoms with van der Waals surface area (Å²) < 4.78 is 1.24. The second kappa shape index (κ2) is 6.63. The van der Waals surface area contributed by atoms with Gasteiger partial charge in [-0.15, -0.1) is 11.3 Å². The molecule has 25 heavy (non-hydrogen) atoms. The molecule has 0 saturated heterocycles. The Kier molecular flexibility index (Phi) is 4.17. The Bertz CT molecular complexity index is 1130. The lowest BCUT2D eigenvalue weighted by Gasteiger charge is -2.01. The molecule has 0 aliphatic heterocycles. The van der Waals surface area contributed by atoms with Crippen LogP contribution in [0.4, 0.5) is 0 Å². The molecule has 0 fully saturated rings. The lowest BCUT2D eigenvalue weighted by atomic mass is 10.1. The average Bonchev–Trinajstić information content (AvgIpc) is 3.08. The molecule has 122 valence electrons. The highest BCUT2D eigenvalue weighted by Crippen LogP contribution is 2.30. The zero-order valence-corrected chi connectivity index (χ0v) is 14.5. The topological polar surface area (TPSA) is 47.2 Å². The third-order valence-corrected chi connectivity index (χ3v) is 5.02. The van der Waals surface area contributed by atoms with E-state index in [0.717, 1.165) is 16.7 Å². The Labute approximate surface area is 152 Å². The number of fused-ring (bicyclic) bond motifs is 1. The molecule has 0 atom stereocenters. The molecular formula is C19H12ClN3OS. The van der Waals surface area contributed by atoms with Gasteiger partial charge in [-0.3, -0.25) is 4.79 Å². The monoisotopic (exact) mass is 365 g/mol. The molecule has 4 aromatic rings. The van der Waals surface area contributed by atoms with Crippen LogP contribution < -0.4 is 5.56 Å². The molecule has 0 saturated carbocycles. The van der Waals surface area contributed by atoms with Gasteiger partial charge in [-0.2, -0.15) is 9.78 Å². The predicted molar refractivity (Wildman–Crippen MR) is 104 cm³/mol. The standard InChI is InChI=1S/C19H12ClN3OS/c20-16-9-5-4-8-14(16)10-22-23-12-21-18-17(19(23)24)15(11-25-18)13-6-2-1-3-7-13/h1-12H/b22-10-. The molecule has 0 amide bonds. The van der Waals surface area contributed by atoms with E-state index in [-0.39, 0.29) is 5.56 Å². The summed E-state index contributed by atoms with van der Waals surface area (Å²) in [6, 6.07) is 17.1. The van der Waals surface area contributed by atoms with Gasteiger partial charge in [0.05, 0.1) is 11.6 Å². The van der Waals surface area contributed by atoms with E-state index in [9.17, 15) is 4.79 Å². The summed E-state index contributed by atoms with van der Waals surface area (Å²) in [5, 5.41) is 7.35. The fraction of sp³-hybridized carbons (Fsp3) is 0. The Hall–Kier alpha value is -2.76. The van der Waals surface area contributed by atoms with Crippen molar-refractivity contribution in [1.82, 2.24) is 9.66 Å². The molecule has 6 heteroatoms. The number of thiophene rings is 1. The summed E-state index contributed by atoms with van der Waals surface area (Å²) in [5.41, 5.74) is 2.40. The SMILES string of the molecule is O=c1c2c(-c3ccccc3)csc2ncn1/N=C\c1ccccc1Cl. The van der Waals surface area contributed by atoms with Crippen molar-refractivity contribution < 1.29 is 0 Å². The highest BCUT2D eigenvalue weighted by molar-refractivity contribution is 7.17. The first-order valence-electron chi connectivity index (χ1n) is 7.57. The van der Waals surface area contributed by atoms with E-state index in [2.05, 4.69) is 10.1 Å². The van der Waals surface area contributed by atoms with Crippen LogP contribution in [0.2, 0.25) is 5.02 Å². The van der Waals surface area contributed by atoms with Crippen molar-refractivity contribution in [2.45, 2.75) is 0 Å². The van der Waals surface area contributed by atoms with Crippen molar-refractivity contribution in [2.75, 3.05) is 0 Å². The Balaban J connectivity index is 1.83. The van der Waals surface area contributed by atoms with E-state index in [4.69, 9.17) is 11.6 Å². The number of halogens is 1. The fourth-order valence-electron chi connectivity index (χ4n) is 2.54. The van der Waals surface area contributed by atoms with Crippen LogP contribution in [0.5, 0.6) is 0 Å². The number of benzene rings is 2.